The molecule has 0 aliphatic carbocycles. The van der Waals surface area contributed by atoms with E-state index in [9.17, 15) is 5.26 Å². The maximum atomic E-state index is 9.24. The van der Waals surface area contributed by atoms with E-state index in [4.69, 9.17) is 0 Å². The number of aromatic nitrogens is 2. The van der Waals surface area contributed by atoms with Crippen LogP contribution in [-0.2, 0) is 6.54 Å². The molecular weight excluding hydrogens is 248 g/mol. The lowest BCUT2D eigenvalue weighted by Crippen LogP contribution is -2.03. The number of benzene rings is 1. The third-order valence-corrected chi connectivity index (χ3v) is 3.05. The molecule has 0 fully saturated rings. The van der Waals surface area contributed by atoms with E-state index in [0.717, 1.165) is 16.5 Å². The Kier molecular flexibility index (Phi) is 3.25. The molecule has 0 saturated carbocycles. The van der Waals surface area contributed by atoms with Crippen molar-refractivity contribution in [1.29, 1.82) is 5.26 Å². The molecule has 0 unspecified atom stereocenters. The molecule has 2 heterocycles. The number of pyridine rings is 2. The molecule has 0 aliphatic rings. The summed E-state index contributed by atoms with van der Waals surface area (Å²) < 4.78 is 0. The highest BCUT2D eigenvalue weighted by molar-refractivity contribution is 5.82. The van der Waals surface area contributed by atoms with Crippen molar-refractivity contribution in [3.05, 3.63) is 66.0 Å². The zero-order chi connectivity index (χ0) is 13.8. The third kappa shape index (κ3) is 2.43. The number of nitrogens with zero attached hydrogens (tertiary/aromatic N) is 3. The van der Waals surface area contributed by atoms with Crippen molar-refractivity contribution in [2.75, 3.05) is 5.32 Å². The van der Waals surface area contributed by atoms with Gasteiger partial charge in [-0.1, -0.05) is 18.2 Å². The van der Waals surface area contributed by atoms with E-state index in [-0.39, 0.29) is 0 Å². The van der Waals surface area contributed by atoms with Gasteiger partial charge in [-0.15, -0.1) is 0 Å². The molecule has 4 nitrogen and oxygen atoms in total. The van der Waals surface area contributed by atoms with Crippen LogP contribution in [0, 0.1) is 11.3 Å². The van der Waals surface area contributed by atoms with Crippen LogP contribution in [0.15, 0.2) is 54.9 Å². The number of fused-ring (bicyclic) bond motifs is 1. The molecule has 1 aromatic carbocycles. The van der Waals surface area contributed by atoms with E-state index in [1.54, 1.807) is 12.4 Å². The summed E-state index contributed by atoms with van der Waals surface area (Å²) in [5.74, 6) is 0.614. The standard InChI is InChI=1S/C16H12N4/c17-10-14-9-13-3-1-2-4-15(13)20-16(14)19-11-12-5-7-18-8-6-12/h1-9H,11H2,(H,19,20). The van der Waals surface area contributed by atoms with Crippen LogP contribution in [0.5, 0.6) is 0 Å². The fraction of sp³-hybridized carbons (Fsp3) is 0.0625. The van der Waals surface area contributed by atoms with Crippen LogP contribution in [0.3, 0.4) is 0 Å². The van der Waals surface area contributed by atoms with Gasteiger partial charge in [0.25, 0.3) is 0 Å². The average Bonchev–Trinajstić information content (AvgIpc) is 2.53. The van der Waals surface area contributed by atoms with Gasteiger partial charge in [0.2, 0.25) is 0 Å². The van der Waals surface area contributed by atoms with E-state index in [0.29, 0.717) is 17.9 Å². The Morgan fingerprint density at radius 1 is 1.10 bits per heavy atom. The van der Waals surface area contributed by atoms with Crippen LogP contribution in [0.25, 0.3) is 10.9 Å². The molecule has 96 valence electrons. The number of nitriles is 1. The summed E-state index contributed by atoms with van der Waals surface area (Å²) in [6.07, 6.45) is 3.49. The Labute approximate surface area is 116 Å². The molecule has 2 aromatic heterocycles. The lowest BCUT2D eigenvalue weighted by Gasteiger charge is -2.08. The number of rotatable bonds is 3. The summed E-state index contributed by atoms with van der Waals surface area (Å²) in [4.78, 5) is 8.49. The second-order valence-corrected chi connectivity index (χ2v) is 4.40. The number of nitrogens with one attached hydrogen (secondary N) is 1. The van der Waals surface area contributed by atoms with Gasteiger partial charge >= 0.3 is 0 Å². The van der Waals surface area contributed by atoms with Crippen molar-refractivity contribution >= 4 is 16.7 Å². The van der Waals surface area contributed by atoms with Crippen molar-refractivity contribution in [2.24, 2.45) is 0 Å². The second kappa shape index (κ2) is 5.37. The lowest BCUT2D eigenvalue weighted by molar-refractivity contribution is 1.10. The molecule has 4 heteroatoms. The van der Waals surface area contributed by atoms with Crippen LogP contribution >= 0.6 is 0 Å². The van der Waals surface area contributed by atoms with E-state index in [2.05, 4.69) is 21.4 Å². The first kappa shape index (κ1) is 12.1. The summed E-state index contributed by atoms with van der Waals surface area (Å²) in [5, 5.41) is 13.4. The summed E-state index contributed by atoms with van der Waals surface area (Å²) in [5.41, 5.74) is 2.53. The van der Waals surface area contributed by atoms with E-state index < -0.39 is 0 Å². The monoisotopic (exact) mass is 260 g/mol. The molecule has 0 saturated heterocycles. The van der Waals surface area contributed by atoms with E-state index in [1.807, 2.05) is 42.5 Å². The van der Waals surface area contributed by atoms with Crippen LogP contribution < -0.4 is 5.32 Å². The first-order valence-corrected chi connectivity index (χ1v) is 6.29. The predicted molar refractivity (Wildman–Crippen MR) is 78.0 cm³/mol. The highest BCUT2D eigenvalue weighted by Gasteiger charge is 2.06. The minimum Gasteiger partial charge on any atom is -0.365 e. The van der Waals surface area contributed by atoms with Gasteiger partial charge in [-0.3, -0.25) is 4.98 Å². The van der Waals surface area contributed by atoms with Crippen LogP contribution in [-0.4, -0.2) is 9.97 Å². The van der Waals surface area contributed by atoms with Crippen molar-refractivity contribution in [1.82, 2.24) is 9.97 Å². The van der Waals surface area contributed by atoms with Gasteiger partial charge in [0.15, 0.2) is 0 Å². The maximum absolute atomic E-state index is 9.24. The molecule has 0 radical (unpaired) electrons. The summed E-state index contributed by atoms with van der Waals surface area (Å²) >= 11 is 0. The van der Waals surface area contributed by atoms with E-state index in [1.165, 1.54) is 0 Å². The first-order valence-electron chi connectivity index (χ1n) is 6.29. The molecule has 0 bridgehead atoms. The third-order valence-electron chi connectivity index (χ3n) is 3.05. The summed E-state index contributed by atoms with van der Waals surface area (Å²) in [6, 6.07) is 15.7. The highest BCUT2D eigenvalue weighted by atomic mass is 15.0. The number of para-hydroxylation sites is 1. The predicted octanol–water partition coefficient (Wildman–Crippen LogP) is 3.11. The zero-order valence-electron chi connectivity index (χ0n) is 10.7. The quantitative estimate of drug-likeness (QED) is 0.786. The number of hydrogen-bond acceptors (Lipinski definition) is 4. The van der Waals surface area contributed by atoms with Gasteiger partial charge in [0, 0.05) is 24.3 Å². The topological polar surface area (TPSA) is 61.6 Å². The van der Waals surface area contributed by atoms with Gasteiger partial charge in [-0.05, 0) is 29.8 Å². The molecule has 0 spiro atoms. The van der Waals surface area contributed by atoms with Crippen molar-refractivity contribution in [3.8, 4) is 6.07 Å². The molecule has 0 amide bonds. The number of hydrogen-bond donors (Lipinski definition) is 1. The van der Waals surface area contributed by atoms with Crippen LogP contribution in [0.4, 0.5) is 5.82 Å². The largest absolute Gasteiger partial charge is 0.365 e. The lowest BCUT2D eigenvalue weighted by atomic mass is 10.1. The van der Waals surface area contributed by atoms with Crippen LogP contribution in [0.2, 0.25) is 0 Å². The fourth-order valence-corrected chi connectivity index (χ4v) is 2.02. The highest BCUT2D eigenvalue weighted by Crippen LogP contribution is 2.20. The Morgan fingerprint density at radius 2 is 1.90 bits per heavy atom. The smallest absolute Gasteiger partial charge is 0.144 e. The van der Waals surface area contributed by atoms with Crippen LogP contribution in [0.1, 0.15) is 11.1 Å². The normalized spacial score (nSPS) is 10.2. The second-order valence-electron chi connectivity index (χ2n) is 4.40. The molecule has 0 atom stereocenters. The number of anilines is 1. The Bertz CT molecular complexity index is 775. The van der Waals surface area contributed by atoms with Crippen molar-refractivity contribution in [3.63, 3.8) is 0 Å². The Morgan fingerprint density at radius 3 is 2.70 bits per heavy atom. The van der Waals surface area contributed by atoms with Gasteiger partial charge < -0.3 is 5.32 Å². The minimum absolute atomic E-state index is 0.553. The Hall–Kier alpha value is -2.93. The summed E-state index contributed by atoms with van der Waals surface area (Å²) in [6.45, 7) is 0.614. The van der Waals surface area contributed by atoms with Crippen molar-refractivity contribution < 1.29 is 0 Å². The minimum atomic E-state index is 0.553. The van der Waals surface area contributed by atoms with Gasteiger partial charge in [0.1, 0.15) is 11.9 Å². The molecule has 0 aliphatic heterocycles. The van der Waals surface area contributed by atoms with Gasteiger partial charge in [-0.2, -0.15) is 5.26 Å². The van der Waals surface area contributed by atoms with Gasteiger partial charge in [0.05, 0.1) is 11.1 Å². The summed E-state index contributed by atoms with van der Waals surface area (Å²) in [7, 11) is 0. The zero-order valence-corrected chi connectivity index (χ0v) is 10.7. The molecule has 1 N–H and O–H groups in total. The molecule has 20 heavy (non-hydrogen) atoms. The molecular formula is C16H12N4. The first-order chi connectivity index (χ1) is 9.86. The Balaban J connectivity index is 1.92. The average molecular weight is 260 g/mol. The van der Waals surface area contributed by atoms with Crippen molar-refractivity contribution in [2.45, 2.75) is 6.54 Å². The fourth-order valence-electron chi connectivity index (χ4n) is 2.02. The molecule has 3 aromatic rings. The van der Waals surface area contributed by atoms with Gasteiger partial charge in [-0.25, -0.2) is 4.98 Å². The maximum Gasteiger partial charge on any atom is 0.144 e. The molecule has 3 rings (SSSR count). The SMILES string of the molecule is N#Cc1cc2ccccc2nc1NCc1ccncc1. The van der Waals surface area contributed by atoms with E-state index >= 15 is 0 Å².